The van der Waals surface area contributed by atoms with Crippen LogP contribution in [0.1, 0.15) is 20.3 Å². The molecule has 0 bridgehead atoms. The zero-order valence-corrected chi connectivity index (χ0v) is 10.3. The Morgan fingerprint density at radius 3 is 2.41 bits per heavy atom. The summed E-state index contributed by atoms with van der Waals surface area (Å²) in [5, 5.41) is 9.23. The maximum absolute atomic E-state index is 11.7. The highest BCUT2D eigenvalue weighted by Gasteiger charge is 2.21. The number of nitrogens with zero attached hydrogens (tertiary/aromatic N) is 3. The average molecular weight is 245 g/mol. The summed E-state index contributed by atoms with van der Waals surface area (Å²) in [4.78, 5) is 29.7. The van der Waals surface area contributed by atoms with E-state index in [9.17, 15) is 14.9 Å². The van der Waals surface area contributed by atoms with Gasteiger partial charge in [0.1, 0.15) is 6.73 Å². The maximum atomic E-state index is 11.7. The van der Waals surface area contributed by atoms with Crippen LogP contribution in [-0.4, -0.2) is 53.7 Å². The van der Waals surface area contributed by atoms with E-state index in [1.807, 2.05) is 23.6 Å². The number of carbonyl (C=O) groups excluding carboxylic acids is 1. The van der Waals surface area contributed by atoms with E-state index in [1.54, 1.807) is 0 Å². The van der Waals surface area contributed by atoms with E-state index in [2.05, 4.69) is 4.84 Å². The highest BCUT2D eigenvalue weighted by Crippen LogP contribution is 2.08. The van der Waals surface area contributed by atoms with Gasteiger partial charge in [0.2, 0.25) is 5.91 Å². The minimum Gasteiger partial charge on any atom is -0.340 e. The molecule has 0 aromatic rings. The summed E-state index contributed by atoms with van der Waals surface area (Å²) in [5.41, 5.74) is 0. The van der Waals surface area contributed by atoms with Crippen LogP contribution in [0, 0.1) is 16.0 Å². The second kappa shape index (κ2) is 6.39. The smallest absolute Gasteiger partial charge is 0.295 e. The van der Waals surface area contributed by atoms with Gasteiger partial charge in [0.25, 0.3) is 5.09 Å². The molecule has 0 spiro atoms. The van der Waals surface area contributed by atoms with Crippen molar-refractivity contribution in [2.45, 2.75) is 20.3 Å². The fourth-order valence-electron chi connectivity index (χ4n) is 1.73. The van der Waals surface area contributed by atoms with Gasteiger partial charge in [0.05, 0.1) is 0 Å². The Labute approximate surface area is 100 Å². The minimum atomic E-state index is -0.795. The number of hydrogen-bond acceptors (Lipinski definition) is 5. The van der Waals surface area contributed by atoms with Gasteiger partial charge in [-0.25, -0.2) is 0 Å². The largest absolute Gasteiger partial charge is 0.340 e. The zero-order valence-electron chi connectivity index (χ0n) is 10.3. The number of hydrogen-bond donors (Lipinski definition) is 0. The number of piperazine rings is 1. The molecule has 1 rings (SSSR count). The third kappa shape index (κ3) is 4.99. The van der Waals surface area contributed by atoms with Gasteiger partial charge in [-0.05, 0) is 5.92 Å². The van der Waals surface area contributed by atoms with Crippen molar-refractivity contribution in [3.8, 4) is 0 Å². The number of amides is 1. The fraction of sp³-hybridized carbons (Fsp3) is 0.900. The SMILES string of the molecule is CC(C)CC(=O)N1CCN(CO[N+](=O)[O-])CC1. The fourth-order valence-corrected chi connectivity index (χ4v) is 1.73. The van der Waals surface area contributed by atoms with E-state index in [4.69, 9.17) is 0 Å². The van der Waals surface area contributed by atoms with E-state index in [1.165, 1.54) is 0 Å². The molecule has 1 aliphatic rings. The van der Waals surface area contributed by atoms with Crippen molar-refractivity contribution >= 4 is 5.91 Å². The zero-order chi connectivity index (χ0) is 12.8. The van der Waals surface area contributed by atoms with Crippen molar-refractivity contribution in [1.82, 2.24) is 9.80 Å². The van der Waals surface area contributed by atoms with Crippen LogP contribution >= 0.6 is 0 Å². The van der Waals surface area contributed by atoms with E-state index < -0.39 is 5.09 Å². The van der Waals surface area contributed by atoms with Gasteiger partial charge in [0, 0.05) is 32.6 Å². The molecular weight excluding hydrogens is 226 g/mol. The Morgan fingerprint density at radius 2 is 1.94 bits per heavy atom. The van der Waals surface area contributed by atoms with Crippen molar-refractivity contribution < 1.29 is 14.7 Å². The molecule has 0 unspecified atom stereocenters. The normalized spacial score (nSPS) is 17.2. The molecule has 0 aromatic heterocycles. The van der Waals surface area contributed by atoms with E-state index >= 15 is 0 Å². The summed E-state index contributed by atoms with van der Waals surface area (Å²) in [6, 6.07) is 0. The number of rotatable bonds is 5. The molecule has 0 N–H and O–H groups in total. The van der Waals surface area contributed by atoms with Crippen molar-refractivity contribution in [3.05, 3.63) is 10.1 Å². The van der Waals surface area contributed by atoms with E-state index in [0.29, 0.717) is 38.5 Å². The Bertz CT molecular complexity index is 275. The maximum Gasteiger partial charge on any atom is 0.295 e. The first-order valence-corrected chi connectivity index (χ1v) is 5.76. The molecule has 98 valence electrons. The average Bonchev–Trinajstić information content (AvgIpc) is 2.26. The van der Waals surface area contributed by atoms with Gasteiger partial charge in [-0.2, -0.15) is 0 Å². The standard InChI is InChI=1S/C10H19N3O4/c1-9(2)7-10(14)12-5-3-11(4-6-12)8-17-13(15)16/h9H,3-8H2,1-2H3. The van der Waals surface area contributed by atoms with Crippen LogP contribution in [0.15, 0.2) is 0 Å². The van der Waals surface area contributed by atoms with Crippen LogP contribution < -0.4 is 0 Å². The third-order valence-corrected chi connectivity index (χ3v) is 2.65. The third-order valence-electron chi connectivity index (χ3n) is 2.65. The first kappa shape index (κ1) is 13.7. The monoisotopic (exact) mass is 245 g/mol. The summed E-state index contributed by atoms with van der Waals surface area (Å²) < 4.78 is 0. The van der Waals surface area contributed by atoms with E-state index in [-0.39, 0.29) is 12.6 Å². The predicted molar refractivity (Wildman–Crippen MR) is 60.6 cm³/mol. The lowest BCUT2D eigenvalue weighted by Gasteiger charge is -2.34. The van der Waals surface area contributed by atoms with Gasteiger partial charge in [0.15, 0.2) is 0 Å². The molecule has 1 aliphatic heterocycles. The van der Waals surface area contributed by atoms with Gasteiger partial charge in [-0.1, -0.05) is 13.8 Å². The molecule has 0 aliphatic carbocycles. The summed E-state index contributed by atoms with van der Waals surface area (Å²) in [7, 11) is 0. The van der Waals surface area contributed by atoms with Crippen molar-refractivity contribution in [1.29, 1.82) is 0 Å². The Morgan fingerprint density at radius 1 is 1.35 bits per heavy atom. The van der Waals surface area contributed by atoms with Gasteiger partial charge in [-0.15, -0.1) is 10.1 Å². The van der Waals surface area contributed by atoms with Gasteiger partial charge in [-0.3, -0.25) is 14.5 Å². The molecule has 0 aromatic carbocycles. The molecule has 1 heterocycles. The van der Waals surface area contributed by atoms with Crippen molar-refractivity contribution in [2.24, 2.45) is 5.92 Å². The summed E-state index contributed by atoms with van der Waals surface area (Å²) in [6.45, 7) is 6.49. The molecule has 7 nitrogen and oxygen atoms in total. The summed E-state index contributed by atoms with van der Waals surface area (Å²) in [5.74, 6) is 0.521. The van der Waals surface area contributed by atoms with Crippen LogP contribution in [0.3, 0.4) is 0 Å². The summed E-state index contributed by atoms with van der Waals surface area (Å²) >= 11 is 0. The highest BCUT2D eigenvalue weighted by atomic mass is 17.0. The molecule has 0 radical (unpaired) electrons. The second-order valence-electron chi connectivity index (χ2n) is 4.58. The lowest BCUT2D eigenvalue weighted by molar-refractivity contribution is -0.762. The highest BCUT2D eigenvalue weighted by molar-refractivity contribution is 5.76. The Balaban J connectivity index is 2.25. The molecule has 1 amide bonds. The second-order valence-corrected chi connectivity index (χ2v) is 4.58. The van der Waals surface area contributed by atoms with Crippen molar-refractivity contribution in [3.63, 3.8) is 0 Å². The van der Waals surface area contributed by atoms with Crippen LogP contribution in [0.4, 0.5) is 0 Å². The first-order valence-electron chi connectivity index (χ1n) is 5.76. The molecule has 1 fully saturated rings. The molecule has 17 heavy (non-hydrogen) atoms. The lowest BCUT2D eigenvalue weighted by atomic mass is 10.1. The quantitative estimate of drug-likeness (QED) is 0.516. The number of carbonyl (C=O) groups is 1. The van der Waals surface area contributed by atoms with Gasteiger partial charge >= 0.3 is 0 Å². The van der Waals surface area contributed by atoms with Crippen LogP contribution in [0.2, 0.25) is 0 Å². The van der Waals surface area contributed by atoms with Crippen LogP contribution in [0.5, 0.6) is 0 Å². The van der Waals surface area contributed by atoms with E-state index in [0.717, 1.165) is 0 Å². The molecular formula is C10H19N3O4. The Kier molecular flexibility index (Phi) is 5.14. The molecule has 0 saturated carbocycles. The topological polar surface area (TPSA) is 75.9 Å². The van der Waals surface area contributed by atoms with Crippen molar-refractivity contribution in [2.75, 3.05) is 32.9 Å². The van der Waals surface area contributed by atoms with Gasteiger partial charge < -0.3 is 4.90 Å². The van der Waals surface area contributed by atoms with Crippen LogP contribution in [0.25, 0.3) is 0 Å². The first-order chi connectivity index (χ1) is 7.99. The summed E-state index contributed by atoms with van der Waals surface area (Å²) in [6.07, 6.45) is 0.561. The Hall–Kier alpha value is -1.37. The lowest BCUT2D eigenvalue weighted by Crippen LogP contribution is -2.49. The predicted octanol–water partition coefficient (Wildman–Crippen LogP) is 0.343. The van der Waals surface area contributed by atoms with Crippen LogP contribution in [-0.2, 0) is 9.63 Å². The molecule has 0 atom stereocenters. The molecule has 1 saturated heterocycles. The molecule has 7 heteroatoms. The minimum absolute atomic E-state index is 0.0147.